The van der Waals surface area contributed by atoms with Gasteiger partial charge in [0.2, 0.25) is 0 Å². The van der Waals surface area contributed by atoms with Gasteiger partial charge in [0, 0.05) is 18.8 Å². The van der Waals surface area contributed by atoms with Crippen LogP contribution in [0.2, 0.25) is 0 Å². The fourth-order valence-corrected chi connectivity index (χ4v) is 2.23. The summed E-state index contributed by atoms with van der Waals surface area (Å²) < 4.78 is 0. The number of hydrogen-bond acceptors (Lipinski definition) is 4. The fraction of sp³-hybridized carbons (Fsp3) is 0.500. The van der Waals surface area contributed by atoms with Crippen molar-refractivity contribution in [2.24, 2.45) is 0 Å². The SMILES string of the molecule is CNc1cc(N2CC[NH+](C)CC2)ccc1[N+](=O)[O-]. The van der Waals surface area contributed by atoms with Crippen LogP contribution >= 0.6 is 0 Å². The van der Waals surface area contributed by atoms with E-state index < -0.39 is 0 Å². The van der Waals surface area contributed by atoms with Crippen LogP contribution < -0.4 is 15.1 Å². The van der Waals surface area contributed by atoms with E-state index >= 15 is 0 Å². The van der Waals surface area contributed by atoms with Gasteiger partial charge in [0.25, 0.3) is 5.69 Å². The minimum absolute atomic E-state index is 0.126. The van der Waals surface area contributed by atoms with Crippen LogP contribution in [0.3, 0.4) is 0 Å². The Bertz CT molecular complexity index is 442. The van der Waals surface area contributed by atoms with Crippen molar-refractivity contribution < 1.29 is 9.82 Å². The zero-order valence-electron chi connectivity index (χ0n) is 10.8. The molecule has 6 nitrogen and oxygen atoms in total. The summed E-state index contributed by atoms with van der Waals surface area (Å²) in [6.45, 7) is 4.19. The van der Waals surface area contributed by atoms with Gasteiger partial charge in [-0.25, -0.2) is 0 Å². The molecule has 0 bridgehead atoms. The van der Waals surface area contributed by atoms with Gasteiger partial charge < -0.3 is 15.1 Å². The number of nitro groups is 1. The fourth-order valence-electron chi connectivity index (χ4n) is 2.23. The van der Waals surface area contributed by atoms with E-state index in [1.165, 1.54) is 4.90 Å². The van der Waals surface area contributed by atoms with Gasteiger partial charge in [-0.3, -0.25) is 10.1 Å². The van der Waals surface area contributed by atoms with Crippen molar-refractivity contribution in [3.05, 3.63) is 28.3 Å². The van der Waals surface area contributed by atoms with Crippen LogP contribution in [0.4, 0.5) is 17.1 Å². The Kier molecular flexibility index (Phi) is 3.66. The maximum absolute atomic E-state index is 10.9. The van der Waals surface area contributed by atoms with Gasteiger partial charge >= 0.3 is 0 Å². The molecule has 0 aliphatic carbocycles. The molecule has 1 fully saturated rings. The molecule has 1 aromatic rings. The molecule has 0 saturated carbocycles. The highest BCUT2D eigenvalue weighted by atomic mass is 16.6. The first-order chi connectivity index (χ1) is 8.61. The number of quaternary nitrogens is 1. The summed E-state index contributed by atoms with van der Waals surface area (Å²) in [5.41, 5.74) is 1.75. The maximum Gasteiger partial charge on any atom is 0.292 e. The van der Waals surface area contributed by atoms with Crippen molar-refractivity contribution >= 4 is 17.1 Å². The molecule has 0 unspecified atom stereocenters. The van der Waals surface area contributed by atoms with Gasteiger partial charge in [0.05, 0.1) is 38.2 Å². The quantitative estimate of drug-likeness (QED) is 0.585. The molecule has 18 heavy (non-hydrogen) atoms. The Hall–Kier alpha value is -1.82. The van der Waals surface area contributed by atoms with Gasteiger partial charge in [-0.15, -0.1) is 0 Å². The first kappa shape index (κ1) is 12.6. The number of likely N-dealkylation sites (N-methyl/N-ethyl adjacent to an activating group) is 1. The summed E-state index contributed by atoms with van der Waals surface area (Å²) >= 11 is 0. The van der Waals surface area contributed by atoms with Crippen LogP contribution in [0.15, 0.2) is 18.2 Å². The summed E-state index contributed by atoms with van der Waals surface area (Å²) in [7, 11) is 3.90. The van der Waals surface area contributed by atoms with E-state index in [0.29, 0.717) is 5.69 Å². The van der Waals surface area contributed by atoms with Crippen LogP contribution in [0.1, 0.15) is 0 Å². The minimum atomic E-state index is -0.357. The number of anilines is 2. The Morgan fingerprint density at radius 3 is 2.61 bits per heavy atom. The minimum Gasteiger partial charge on any atom is -0.383 e. The molecule has 6 heteroatoms. The lowest BCUT2D eigenvalue weighted by molar-refractivity contribution is -0.880. The average Bonchev–Trinajstić information content (AvgIpc) is 2.38. The molecule has 0 aromatic heterocycles. The van der Waals surface area contributed by atoms with Crippen molar-refractivity contribution in [1.82, 2.24) is 0 Å². The average molecular weight is 251 g/mol. The van der Waals surface area contributed by atoms with Crippen molar-refractivity contribution in [3.8, 4) is 0 Å². The Labute approximate surface area is 106 Å². The number of nitrogens with one attached hydrogen (secondary N) is 2. The normalized spacial score (nSPS) is 16.7. The molecule has 1 saturated heterocycles. The number of nitrogens with zero attached hydrogens (tertiary/aromatic N) is 2. The Morgan fingerprint density at radius 2 is 2.06 bits per heavy atom. The lowest BCUT2D eigenvalue weighted by atomic mass is 10.2. The van der Waals surface area contributed by atoms with Crippen molar-refractivity contribution in [2.75, 3.05) is 50.5 Å². The van der Waals surface area contributed by atoms with Gasteiger partial charge in [0.15, 0.2) is 0 Å². The van der Waals surface area contributed by atoms with Gasteiger partial charge in [-0.05, 0) is 12.1 Å². The Balaban J connectivity index is 2.22. The second kappa shape index (κ2) is 5.22. The summed E-state index contributed by atoms with van der Waals surface area (Å²) in [6.07, 6.45) is 0. The van der Waals surface area contributed by atoms with Crippen molar-refractivity contribution in [1.29, 1.82) is 0 Å². The highest BCUT2D eigenvalue weighted by Crippen LogP contribution is 2.29. The summed E-state index contributed by atoms with van der Waals surface area (Å²) in [5.74, 6) is 0. The number of piperazine rings is 1. The third-order valence-corrected chi connectivity index (χ3v) is 3.43. The van der Waals surface area contributed by atoms with Crippen LogP contribution in [0.25, 0.3) is 0 Å². The largest absolute Gasteiger partial charge is 0.383 e. The molecule has 0 spiro atoms. The topological polar surface area (TPSA) is 62.8 Å². The molecule has 1 aliphatic rings. The lowest BCUT2D eigenvalue weighted by Gasteiger charge is -2.31. The van der Waals surface area contributed by atoms with Crippen LogP contribution in [0, 0.1) is 10.1 Å². The van der Waals surface area contributed by atoms with Crippen molar-refractivity contribution in [3.63, 3.8) is 0 Å². The second-order valence-electron chi connectivity index (χ2n) is 4.65. The number of rotatable bonds is 3. The predicted molar refractivity (Wildman–Crippen MR) is 71.5 cm³/mol. The zero-order valence-corrected chi connectivity index (χ0v) is 10.8. The van der Waals surface area contributed by atoms with E-state index in [1.54, 1.807) is 13.1 Å². The van der Waals surface area contributed by atoms with E-state index in [1.807, 2.05) is 12.1 Å². The highest BCUT2D eigenvalue weighted by molar-refractivity contribution is 5.68. The van der Waals surface area contributed by atoms with Gasteiger partial charge in [0.1, 0.15) is 5.69 Å². The molecule has 1 aromatic carbocycles. The van der Waals surface area contributed by atoms with E-state index in [0.717, 1.165) is 31.9 Å². The van der Waals surface area contributed by atoms with Gasteiger partial charge in [-0.1, -0.05) is 0 Å². The van der Waals surface area contributed by atoms with Crippen LogP contribution in [-0.2, 0) is 0 Å². The number of nitro benzene ring substituents is 1. The smallest absolute Gasteiger partial charge is 0.292 e. The highest BCUT2D eigenvalue weighted by Gasteiger charge is 2.19. The summed E-state index contributed by atoms with van der Waals surface area (Å²) in [5, 5.41) is 13.8. The molecule has 2 rings (SSSR count). The third kappa shape index (κ3) is 2.53. The van der Waals surface area contributed by atoms with Crippen LogP contribution in [-0.4, -0.2) is 45.2 Å². The second-order valence-corrected chi connectivity index (χ2v) is 4.65. The summed E-state index contributed by atoms with van der Waals surface area (Å²) in [6, 6.07) is 5.27. The molecular weight excluding hydrogens is 232 g/mol. The molecular formula is C12H19N4O2+. The molecule has 98 valence electrons. The van der Waals surface area contributed by atoms with E-state index in [4.69, 9.17) is 0 Å². The molecule has 2 N–H and O–H groups in total. The monoisotopic (exact) mass is 251 g/mol. The standard InChI is InChI=1S/C12H18N4O2/c1-13-11-9-10(3-4-12(11)16(17)18)15-7-5-14(2)6-8-15/h3-4,9,13H,5-8H2,1-2H3/p+1. The summed E-state index contributed by atoms with van der Waals surface area (Å²) in [4.78, 5) is 14.3. The first-order valence-corrected chi connectivity index (χ1v) is 6.14. The lowest BCUT2D eigenvalue weighted by Crippen LogP contribution is -3.12. The Morgan fingerprint density at radius 1 is 1.39 bits per heavy atom. The molecule has 1 heterocycles. The maximum atomic E-state index is 10.9. The van der Waals surface area contributed by atoms with Gasteiger partial charge in [-0.2, -0.15) is 0 Å². The van der Waals surface area contributed by atoms with Crippen LogP contribution in [0.5, 0.6) is 0 Å². The molecule has 0 radical (unpaired) electrons. The third-order valence-electron chi connectivity index (χ3n) is 3.43. The molecule has 0 atom stereocenters. The molecule has 0 amide bonds. The van der Waals surface area contributed by atoms with E-state index in [-0.39, 0.29) is 10.6 Å². The number of benzene rings is 1. The predicted octanol–water partition coefficient (Wildman–Crippen LogP) is -0.0288. The first-order valence-electron chi connectivity index (χ1n) is 6.14. The molecule has 1 aliphatic heterocycles. The number of hydrogen-bond donors (Lipinski definition) is 2. The van der Waals surface area contributed by atoms with E-state index in [2.05, 4.69) is 17.3 Å². The van der Waals surface area contributed by atoms with Crippen molar-refractivity contribution in [2.45, 2.75) is 0 Å². The zero-order chi connectivity index (χ0) is 13.1. The van der Waals surface area contributed by atoms with E-state index in [9.17, 15) is 10.1 Å².